The Morgan fingerprint density at radius 2 is 1.91 bits per heavy atom. The van der Waals surface area contributed by atoms with E-state index in [0.717, 1.165) is 6.07 Å². The summed E-state index contributed by atoms with van der Waals surface area (Å²) in [5.74, 6) is -1.69. The third-order valence-corrected chi connectivity index (χ3v) is 5.40. The van der Waals surface area contributed by atoms with Gasteiger partial charge in [-0.2, -0.15) is 13.2 Å². The molecular formula is C22H18F3N3O5. The summed E-state index contributed by atoms with van der Waals surface area (Å²) in [5, 5.41) is 4.56. The van der Waals surface area contributed by atoms with Crippen molar-refractivity contribution in [1.82, 2.24) is 15.5 Å². The van der Waals surface area contributed by atoms with Gasteiger partial charge in [0.15, 0.2) is 6.61 Å². The molecule has 11 heteroatoms. The van der Waals surface area contributed by atoms with E-state index in [0.29, 0.717) is 11.1 Å². The van der Waals surface area contributed by atoms with Crippen LogP contribution in [0.3, 0.4) is 0 Å². The molecule has 4 amide bonds. The molecule has 1 unspecified atom stereocenters. The molecule has 172 valence electrons. The molecule has 0 aliphatic carbocycles. The van der Waals surface area contributed by atoms with Gasteiger partial charge in [0.25, 0.3) is 11.8 Å². The highest BCUT2D eigenvalue weighted by Gasteiger charge is 2.41. The van der Waals surface area contributed by atoms with E-state index in [9.17, 15) is 32.3 Å². The number of ether oxygens (including phenoxy) is 1. The number of nitrogens with one attached hydrogen (secondary N) is 2. The number of halogens is 3. The number of alkyl halides is 3. The fourth-order valence-corrected chi connectivity index (χ4v) is 3.80. The number of fused-ring (bicyclic) bond motifs is 1. The van der Waals surface area contributed by atoms with Gasteiger partial charge in [0.2, 0.25) is 11.8 Å². The third kappa shape index (κ3) is 4.66. The molecule has 1 saturated heterocycles. The Balaban J connectivity index is 1.34. The zero-order chi connectivity index (χ0) is 23.8. The van der Waals surface area contributed by atoms with Crippen molar-refractivity contribution in [1.29, 1.82) is 0 Å². The average molecular weight is 461 g/mol. The van der Waals surface area contributed by atoms with Crippen LogP contribution >= 0.6 is 0 Å². The van der Waals surface area contributed by atoms with Crippen molar-refractivity contribution in [2.24, 2.45) is 0 Å². The van der Waals surface area contributed by atoms with Crippen LogP contribution in [0.25, 0.3) is 0 Å². The second kappa shape index (κ2) is 8.57. The van der Waals surface area contributed by atoms with Crippen molar-refractivity contribution in [3.63, 3.8) is 0 Å². The largest absolute Gasteiger partial charge is 0.484 e. The van der Waals surface area contributed by atoms with Crippen LogP contribution in [-0.2, 0) is 33.6 Å². The molecule has 0 saturated carbocycles. The van der Waals surface area contributed by atoms with Gasteiger partial charge in [-0.05, 0) is 35.4 Å². The van der Waals surface area contributed by atoms with Crippen LogP contribution in [0.5, 0.6) is 5.75 Å². The Kier molecular flexibility index (Phi) is 5.79. The summed E-state index contributed by atoms with van der Waals surface area (Å²) >= 11 is 0. The first kappa shape index (κ1) is 22.3. The van der Waals surface area contributed by atoms with Gasteiger partial charge in [-0.15, -0.1) is 0 Å². The molecule has 33 heavy (non-hydrogen) atoms. The first-order valence-corrected chi connectivity index (χ1v) is 9.95. The van der Waals surface area contributed by atoms with Crippen molar-refractivity contribution in [2.45, 2.75) is 31.7 Å². The van der Waals surface area contributed by atoms with E-state index in [1.165, 1.54) is 35.2 Å². The fraction of sp³-hybridized carbons (Fsp3) is 0.273. The molecular weight excluding hydrogens is 443 g/mol. The number of hydrogen-bond donors (Lipinski definition) is 2. The van der Waals surface area contributed by atoms with Gasteiger partial charge in [-0.1, -0.05) is 18.2 Å². The predicted molar refractivity (Wildman–Crippen MR) is 107 cm³/mol. The summed E-state index contributed by atoms with van der Waals surface area (Å²) in [7, 11) is 0. The maximum atomic E-state index is 13.0. The van der Waals surface area contributed by atoms with E-state index in [1.54, 1.807) is 6.07 Å². The summed E-state index contributed by atoms with van der Waals surface area (Å²) in [4.78, 5) is 49.3. The number of rotatable bonds is 6. The van der Waals surface area contributed by atoms with E-state index in [1.807, 2.05) is 0 Å². The van der Waals surface area contributed by atoms with Crippen LogP contribution in [0.1, 0.15) is 33.5 Å². The summed E-state index contributed by atoms with van der Waals surface area (Å²) in [6.07, 6.45) is -4.63. The molecule has 2 aromatic carbocycles. The Bertz CT molecular complexity index is 1150. The monoisotopic (exact) mass is 461 g/mol. The van der Waals surface area contributed by atoms with Crippen LogP contribution in [0.4, 0.5) is 13.2 Å². The number of nitrogens with zero attached hydrogens (tertiary/aromatic N) is 1. The minimum Gasteiger partial charge on any atom is -0.484 e. The quantitative estimate of drug-likeness (QED) is 0.639. The number of hydrogen-bond acceptors (Lipinski definition) is 5. The molecule has 0 radical (unpaired) electrons. The van der Waals surface area contributed by atoms with Gasteiger partial charge < -0.3 is 15.0 Å². The van der Waals surface area contributed by atoms with Crippen LogP contribution in [0, 0.1) is 0 Å². The standard InChI is InChI=1S/C22H18F3N3O5/c23-22(24,25)16-4-2-1-3-12(16)9-26-19(30)11-33-14-5-6-15-13(7-14)10-28(21(15)32)17-8-18(29)27-20(17)31/h1-7,17H,8-11H2,(H,26,30)(H,27,29,31). The number of imide groups is 1. The van der Waals surface area contributed by atoms with E-state index in [-0.39, 0.29) is 36.7 Å². The summed E-state index contributed by atoms with van der Waals surface area (Å²) in [6.45, 7) is -0.644. The van der Waals surface area contributed by atoms with Gasteiger partial charge in [-0.25, -0.2) is 0 Å². The molecule has 2 heterocycles. The normalized spacial score (nSPS) is 17.7. The first-order valence-electron chi connectivity index (χ1n) is 9.95. The molecule has 4 rings (SSSR count). The zero-order valence-electron chi connectivity index (χ0n) is 17.1. The number of amides is 4. The van der Waals surface area contributed by atoms with E-state index in [4.69, 9.17) is 4.74 Å². The summed E-state index contributed by atoms with van der Waals surface area (Å²) < 4.78 is 44.5. The molecule has 0 spiro atoms. The van der Waals surface area contributed by atoms with Crippen molar-refractivity contribution in [2.75, 3.05) is 6.61 Å². The Hall–Kier alpha value is -3.89. The average Bonchev–Trinajstić information content (AvgIpc) is 3.27. The van der Waals surface area contributed by atoms with Crippen LogP contribution in [0.15, 0.2) is 42.5 Å². The Morgan fingerprint density at radius 1 is 1.15 bits per heavy atom. The Morgan fingerprint density at radius 3 is 2.61 bits per heavy atom. The maximum Gasteiger partial charge on any atom is 0.416 e. The van der Waals surface area contributed by atoms with Gasteiger partial charge in [0.1, 0.15) is 11.8 Å². The minimum atomic E-state index is -4.53. The lowest BCUT2D eigenvalue weighted by Crippen LogP contribution is -2.40. The predicted octanol–water partition coefficient (Wildman–Crippen LogP) is 1.77. The molecule has 0 bridgehead atoms. The van der Waals surface area contributed by atoms with E-state index < -0.39 is 42.1 Å². The highest BCUT2D eigenvalue weighted by Crippen LogP contribution is 2.32. The van der Waals surface area contributed by atoms with Gasteiger partial charge in [-0.3, -0.25) is 24.5 Å². The minimum absolute atomic E-state index is 0.0658. The van der Waals surface area contributed by atoms with Crippen LogP contribution < -0.4 is 15.4 Å². The highest BCUT2D eigenvalue weighted by atomic mass is 19.4. The number of benzene rings is 2. The second-order valence-electron chi connectivity index (χ2n) is 7.60. The smallest absolute Gasteiger partial charge is 0.416 e. The van der Waals surface area contributed by atoms with Crippen molar-refractivity contribution >= 4 is 23.6 Å². The molecule has 2 aliphatic rings. The number of carbonyl (C=O) groups is 4. The SMILES string of the molecule is O=C(COc1ccc2c(c1)CN(C1CC(=O)NC1=O)C2=O)NCc1ccccc1C(F)(F)F. The fourth-order valence-electron chi connectivity index (χ4n) is 3.80. The first-order chi connectivity index (χ1) is 15.6. The maximum absolute atomic E-state index is 13.0. The summed E-state index contributed by atoms with van der Waals surface area (Å²) in [6, 6.07) is 8.61. The van der Waals surface area contributed by atoms with Crippen molar-refractivity contribution in [3.8, 4) is 5.75 Å². The van der Waals surface area contributed by atoms with Gasteiger partial charge >= 0.3 is 6.18 Å². The lowest BCUT2D eigenvalue weighted by atomic mass is 10.1. The molecule has 0 aromatic heterocycles. The van der Waals surface area contributed by atoms with E-state index >= 15 is 0 Å². The highest BCUT2D eigenvalue weighted by molar-refractivity contribution is 6.09. The molecule has 2 aromatic rings. The third-order valence-electron chi connectivity index (χ3n) is 5.40. The number of carbonyl (C=O) groups excluding carboxylic acids is 4. The summed E-state index contributed by atoms with van der Waals surface area (Å²) in [5.41, 5.74) is 0.0486. The van der Waals surface area contributed by atoms with Crippen LogP contribution in [0.2, 0.25) is 0 Å². The van der Waals surface area contributed by atoms with Gasteiger partial charge in [0.05, 0.1) is 12.0 Å². The molecule has 1 fully saturated rings. The van der Waals surface area contributed by atoms with Crippen molar-refractivity contribution < 1.29 is 37.1 Å². The lowest BCUT2D eigenvalue weighted by molar-refractivity contribution is -0.138. The van der Waals surface area contributed by atoms with Crippen LogP contribution in [-0.4, -0.2) is 41.2 Å². The van der Waals surface area contributed by atoms with E-state index in [2.05, 4.69) is 10.6 Å². The Labute approximate surface area is 185 Å². The molecule has 1 atom stereocenters. The molecule has 8 nitrogen and oxygen atoms in total. The molecule has 2 aliphatic heterocycles. The molecule has 2 N–H and O–H groups in total. The van der Waals surface area contributed by atoms with Crippen molar-refractivity contribution in [3.05, 3.63) is 64.7 Å². The second-order valence-corrected chi connectivity index (χ2v) is 7.60. The van der Waals surface area contributed by atoms with Gasteiger partial charge in [0, 0.05) is 18.7 Å². The zero-order valence-corrected chi connectivity index (χ0v) is 17.1. The topological polar surface area (TPSA) is 105 Å². The lowest BCUT2D eigenvalue weighted by Gasteiger charge is -2.20.